The zero-order valence-corrected chi connectivity index (χ0v) is 17.8. The summed E-state index contributed by atoms with van der Waals surface area (Å²) in [7, 11) is 0. The van der Waals surface area contributed by atoms with Crippen molar-refractivity contribution < 1.29 is 19.4 Å². The molecule has 0 fully saturated rings. The predicted molar refractivity (Wildman–Crippen MR) is 121 cm³/mol. The molecule has 0 saturated heterocycles. The van der Waals surface area contributed by atoms with Gasteiger partial charge in [-0.2, -0.15) is 5.26 Å². The molecule has 3 rings (SSSR count). The van der Waals surface area contributed by atoms with E-state index in [0.29, 0.717) is 17.0 Å². The number of anilines is 1. The number of nitrogens with zero attached hydrogens (tertiary/aromatic N) is 1. The van der Waals surface area contributed by atoms with Gasteiger partial charge >= 0.3 is 5.97 Å². The number of nitriles is 1. The number of carbonyl (C=O) groups is 2. The highest BCUT2D eigenvalue weighted by Crippen LogP contribution is 2.23. The number of hydrogen-bond donors (Lipinski definition) is 2. The topological polar surface area (TPSA) is 99.4 Å². The summed E-state index contributed by atoms with van der Waals surface area (Å²) in [5.74, 6) is -1.02. The van der Waals surface area contributed by atoms with E-state index in [9.17, 15) is 14.9 Å². The van der Waals surface area contributed by atoms with E-state index >= 15 is 0 Å². The third-order valence-electron chi connectivity index (χ3n) is 4.28. The van der Waals surface area contributed by atoms with E-state index in [1.54, 1.807) is 60.7 Å². The maximum atomic E-state index is 12.5. The maximum absolute atomic E-state index is 12.5. The number of benzene rings is 3. The zero-order valence-electron chi connectivity index (χ0n) is 16.2. The molecule has 0 unspecified atom stereocenters. The molecular weight excluding hydrogens is 460 g/mol. The van der Waals surface area contributed by atoms with Gasteiger partial charge in [-0.3, -0.25) is 4.79 Å². The van der Waals surface area contributed by atoms with Crippen LogP contribution in [-0.4, -0.2) is 17.0 Å². The maximum Gasteiger partial charge on any atom is 0.335 e. The second kappa shape index (κ2) is 10.2. The number of halogens is 1. The number of para-hydroxylation sites is 1. The van der Waals surface area contributed by atoms with Crippen LogP contribution >= 0.6 is 15.9 Å². The summed E-state index contributed by atoms with van der Waals surface area (Å²) in [5.41, 5.74) is 2.07. The van der Waals surface area contributed by atoms with E-state index in [2.05, 4.69) is 21.2 Å². The molecule has 0 radical (unpaired) electrons. The molecule has 0 bridgehead atoms. The fraction of sp³-hybridized carbons (Fsp3) is 0.0417. The molecule has 0 saturated carbocycles. The lowest BCUT2D eigenvalue weighted by atomic mass is 10.1. The highest BCUT2D eigenvalue weighted by atomic mass is 79.9. The molecule has 154 valence electrons. The highest BCUT2D eigenvalue weighted by molar-refractivity contribution is 9.10. The molecule has 7 heteroatoms. The Morgan fingerprint density at radius 2 is 1.71 bits per heavy atom. The van der Waals surface area contributed by atoms with Crippen LogP contribution in [0.2, 0.25) is 0 Å². The van der Waals surface area contributed by atoms with E-state index in [4.69, 9.17) is 9.84 Å². The van der Waals surface area contributed by atoms with Crippen LogP contribution in [0.5, 0.6) is 5.75 Å². The third kappa shape index (κ3) is 6.04. The fourth-order valence-corrected chi connectivity index (χ4v) is 2.94. The van der Waals surface area contributed by atoms with Crippen LogP contribution < -0.4 is 10.1 Å². The van der Waals surface area contributed by atoms with Crippen molar-refractivity contribution in [2.24, 2.45) is 0 Å². The average molecular weight is 477 g/mol. The number of rotatable bonds is 7. The molecule has 3 aromatic rings. The first-order valence-corrected chi connectivity index (χ1v) is 9.98. The minimum Gasteiger partial charge on any atom is -0.488 e. The minimum atomic E-state index is -0.992. The largest absolute Gasteiger partial charge is 0.488 e. The molecule has 0 heterocycles. The van der Waals surface area contributed by atoms with Gasteiger partial charge in [0.15, 0.2) is 0 Å². The summed E-state index contributed by atoms with van der Waals surface area (Å²) in [6.45, 7) is 0.206. The second-order valence-electron chi connectivity index (χ2n) is 6.46. The van der Waals surface area contributed by atoms with E-state index < -0.39 is 11.9 Å². The number of aromatic carboxylic acids is 1. The number of carbonyl (C=O) groups excluding carboxylic acids is 1. The summed E-state index contributed by atoms with van der Waals surface area (Å²) in [5, 5.41) is 21.1. The van der Waals surface area contributed by atoms with Gasteiger partial charge in [0.1, 0.15) is 24.0 Å². The first kappa shape index (κ1) is 21.8. The Morgan fingerprint density at radius 3 is 2.35 bits per heavy atom. The van der Waals surface area contributed by atoms with Gasteiger partial charge in [0.25, 0.3) is 5.91 Å². The lowest BCUT2D eigenvalue weighted by Crippen LogP contribution is -2.13. The lowest BCUT2D eigenvalue weighted by molar-refractivity contribution is -0.112. The number of carboxylic acids is 1. The second-order valence-corrected chi connectivity index (χ2v) is 7.38. The van der Waals surface area contributed by atoms with Crippen LogP contribution in [0.4, 0.5) is 5.69 Å². The number of nitrogens with one attached hydrogen (secondary N) is 1. The van der Waals surface area contributed by atoms with Crippen molar-refractivity contribution in [3.05, 3.63) is 99.5 Å². The number of ether oxygens (including phenoxy) is 1. The van der Waals surface area contributed by atoms with Crippen molar-refractivity contribution in [2.75, 3.05) is 5.32 Å². The smallest absolute Gasteiger partial charge is 0.335 e. The van der Waals surface area contributed by atoms with Crippen LogP contribution in [-0.2, 0) is 11.4 Å². The Balaban J connectivity index is 1.75. The molecular formula is C24H17BrN2O4. The van der Waals surface area contributed by atoms with Gasteiger partial charge in [0, 0.05) is 15.7 Å². The molecule has 6 nitrogen and oxygen atoms in total. The van der Waals surface area contributed by atoms with Gasteiger partial charge < -0.3 is 15.2 Å². The molecule has 0 aliphatic rings. The van der Waals surface area contributed by atoms with E-state index in [1.165, 1.54) is 18.2 Å². The standard InChI is InChI=1S/C24H17BrN2O4/c25-20-9-11-21(12-10-20)27-23(28)19(14-26)13-18-3-1-2-4-22(18)31-15-16-5-7-17(8-6-16)24(29)30/h1-13H,15H2,(H,27,28)(H,29,30)/b19-13+. The van der Waals surface area contributed by atoms with Gasteiger partial charge in [0.05, 0.1) is 5.56 Å². The molecule has 0 aliphatic heterocycles. The first-order chi connectivity index (χ1) is 15.0. The SMILES string of the molecule is N#C/C(=C\c1ccccc1OCc1ccc(C(=O)O)cc1)C(=O)Nc1ccc(Br)cc1. The van der Waals surface area contributed by atoms with Gasteiger partial charge in [0.2, 0.25) is 0 Å². The highest BCUT2D eigenvalue weighted by Gasteiger charge is 2.12. The van der Waals surface area contributed by atoms with E-state index in [-0.39, 0.29) is 17.7 Å². The minimum absolute atomic E-state index is 0.0650. The lowest BCUT2D eigenvalue weighted by Gasteiger charge is -2.10. The number of carboxylic acid groups (broad SMARTS) is 1. The molecule has 3 aromatic carbocycles. The number of amides is 1. The average Bonchev–Trinajstić information content (AvgIpc) is 2.78. The van der Waals surface area contributed by atoms with Gasteiger partial charge in [-0.25, -0.2) is 4.79 Å². The van der Waals surface area contributed by atoms with Crippen molar-refractivity contribution in [3.8, 4) is 11.8 Å². The Hall–Kier alpha value is -3.89. The van der Waals surface area contributed by atoms with Gasteiger partial charge in [-0.05, 0) is 54.1 Å². The van der Waals surface area contributed by atoms with Crippen molar-refractivity contribution in [2.45, 2.75) is 6.61 Å². The molecule has 0 aliphatic carbocycles. The van der Waals surface area contributed by atoms with Crippen LogP contribution in [0.1, 0.15) is 21.5 Å². The monoisotopic (exact) mass is 476 g/mol. The Labute approximate surface area is 187 Å². The Kier molecular flexibility index (Phi) is 7.20. The molecule has 0 aromatic heterocycles. The Morgan fingerprint density at radius 1 is 1.03 bits per heavy atom. The van der Waals surface area contributed by atoms with Gasteiger partial charge in [-0.1, -0.05) is 46.3 Å². The zero-order chi connectivity index (χ0) is 22.2. The summed E-state index contributed by atoms with van der Waals surface area (Å²) in [4.78, 5) is 23.5. The van der Waals surface area contributed by atoms with Crippen LogP contribution in [0.15, 0.2) is 82.8 Å². The summed E-state index contributed by atoms with van der Waals surface area (Å²) in [6.07, 6.45) is 1.47. The summed E-state index contributed by atoms with van der Waals surface area (Å²) >= 11 is 3.33. The van der Waals surface area contributed by atoms with Crippen LogP contribution in [0, 0.1) is 11.3 Å². The van der Waals surface area contributed by atoms with E-state index in [1.807, 2.05) is 6.07 Å². The molecule has 0 atom stereocenters. The summed E-state index contributed by atoms with van der Waals surface area (Å²) in [6, 6.07) is 22.4. The first-order valence-electron chi connectivity index (χ1n) is 9.19. The fourth-order valence-electron chi connectivity index (χ4n) is 2.67. The van der Waals surface area contributed by atoms with Crippen LogP contribution in [0.3, 0.4) is 0 Å². The molecule has 0 spiro atoms. The van der Waals surface area contributed by atoms with E-state index in [0.717, 1.165) is 10.0 Å². The van der Waals surface area contributed by atoms with Crippen molar-refractivity contribution >= 4 is 39.6 Å². The molecule has 31 heavy (non-hydrogen) atoms. The van der Waals surface area contributed by atoms with Gasteiger partial charge in [-0.15, -0.1) is 0 Å². The van der Waals surface area contributed by atoms with Crippen LogP contribution in [0.25, 0.3) is 6.08 Å². The third-order valence-corrected chi connectivity index (χ3v) is 4.81. The summed E-state index contributed by atoms with van der Waals surface area (Å²) < 4.78 is 6.72. The van der Waals surface area contributed by atoms with Crippen molar-refractivity contribution in [1.82, 2.24) is 0 Å². The Bertz CT molecular complexity index is 1160. The molecule has 1 amide bonds. The predicted octanol–water partition coefficient (Wildman–Crippen LogP) is 5.27. The number of hydrogen-bond acceptors (Lipinski definition) is 4. The normalized spacial score (nSPS) is 10.8. The van der Waals surface area contributed by atoms with Crippen molar-refractivity contribution in [3.63, 3.8) is 0 Å². The molecule has 2 N–H and O–H groups in total. The van der Waals surface area contributed by atoms with Crippen molar-refractivity contribution in [1.29, 1.82) is 5.26 Å². The quantitative estimate of drug-likeness (QED) is 0.357.